The van der Waals surface area contributed by atoms with Crippen LogP contribution in [0, 0.1) is 6.92 Å². The van der Waals surface area contributed by atoms with Crippen molar-refractivity contribution in [1.29, 1.82) is 0 Å². The summed E-state index contributed by atoms with van der Waals surface area (Å²) in [6.07, 6.45) is -8.70. The summed E-state index contributed by atoms with van der Waals surface area (Å²) in [6.45, 7) is 0.275. The van der Waals surface area contributed by atoms with Gasteiger partial charge in [-0.15, -0.1) is 0 Å². The number of aliphatic hydroxyl groups is 1. The fourth-order valence-electron chi connectivity index (χ4n) is 3.48. The quantitative estimate of drug-likeness (QED) is 0.305. The molecule has 11 heteroatoms. The van der Waals surface area contributed by atoms with Gasteiger partial charge in [0.05, 0.1) is 23.3 Å². The van der Waals surface area contributed by atoms with E-state index >= 15 is 0 Å². The standard InChI is InChI=1S/C24H19ClF6N2O2/c1-14-2-4-16(5-3-14)19-6-7-32-21(25)20(19)22(35)33(8-9-34)13-15-10-17(23(26,27)28)12-18(11-15)24(29,30)31/h2-7,10-12,34H,8-9,13H2,1H3. The highest BCUT2D eigenvalue weighted by molar-refractivity contribution is 6.33. The van der Waals surface area contributed by atoms with Crippen molar-refractivity contribution in [1.82, 2.24) is 9.88 Å². The van der Waals surface area contributed by atoms with Gasteiger partial charge in [0.2, 0.25) is 0 Å². The first-order valence-electron chi connectivity index (χ1n) is 10.2. The molecular weight excluding hydrogens is 498 g/mol. The van der Waals surface area contributed by atoms with Crippen molar-refractivity contribution in [2.75, 3.05) is 13.2 Å². The number of halogens is 7. The molecule has 0 aliphatic rings. The van der Waals surface area contributed by atoms with E-state index in [0.29, 0.717) is 23.3 Å². The summed E-state index contributed by atoms with van der Waals surface area (Å²) < 4.78 is 79.5. The molecule has 0 bridgehead atoms. The third-order valence-electron chi connectivity index (χ3n) is 5.16. The van der Waals surface area contributed by atoms with Crippen LogP contribution < -0.4 is 0 Å². The molecule has 1 aromatic heterocycles. The first-order valence-corrected chi connectivity index (χ1v) is 10.6. The maximum Gasteiger partial charge on any atom is 0.416 e. The van der Waals surface area contributed by atoms with E-state index < -0.39 is 48.1 Å². The second kappa shape index (κ2) is 10.2. The number of alkyl halides is 6. The Hall–Kier alpha value is -3.11. The lowest BCUT2D eigenvalue weighted by Gasteiger charge is -2.24. The zero-order chi connectivity index (χ0) is 26.0. The highest BCUT2D eigenvalue weighted by atomic mass is 35.5. The third-order valence-corrected chi connectivity index (χ3v) is 5.45. The Morgan fingerprint density at radius 2 is 1.54 bits per heavy atom. The number of aliphatic hydroxyl groups excluding tert-OH is 1. The normalized spacial score (nSPS) is 12.0. The molecule has 0 radical (unpaired) electrons. The molecule has 35 heavy (non-hydrogen) atoms. The van der Waals surface area contributed by atoms with Crippen LogP contribution in [0.2, 0.25) is 5.15 Å². The molecule has 2 aromatic carbocycles. The van der Waals surface area contributed by atoms with Gasteiger partial charge < -0.3 is 10.0 Å². The Morgan fingerprint density at radius 1 is 0.971 bits per heavy atom. The van der Waals surface area contributed by atoms with Gasteiger partial charge in [-0.25, -0.2) is 4.98 Å². The Bertz CT molecular complexity index is 1180. The van der Waals surface area contributed by atoms with Crippen LogP contribution >= 0.6 is 11.6 Å². The molecule has 0 atom stereocenters. The van der Waals surface area contributed by atoms with E-state index in [2.05, 4.69) is 4.98 Å². The van der Waals surface area contributed by atoms with Crippen molar-refractivity contribution in [3.63, 3.8) is 0 Å². The van der Waals surface area contributed by atoms with Crippen molar-refractivity contribution in [3.05, 3.63) is 87.7 Å². The maximum atomic E-state index is 13.4. The van der Waals surface area contributed by atoms with Crippen molar-refractivity contribution >= 4 is 17.5 Å². The van der Waals surface area contributed by atoms with Gasteiger partial charge in [0.25, 0.3) is 5.91 Å². The fraction of sp³-hybridized carbons (Fsp3) is 0.250. The Balaban J connectivity index is 2.06. The predicted molar refractivity (Wildman–Crippen MR) is 118 cm³/mol. The summed E-state index contributed by atoms with van der Waals surface area (Å²) >= 11 is 6.20. The minimum atomic E-state index is -5.03. The number of carbonyl (C=O) groups is 1. The van der Waals surface area contributed by atoms with E-state index in [9.17, 15) is 36.2 Å². The molecule has 186 valence electrons. The third kappa shape index (κ3) is 6.32. The van der Waals surface area contributed by atoms with Crippen LogP contribution in [0.5, 0.6) is 0 Å². The minimum Gasteiger partial charge on any atom is -0.395 e. The highest BCUT2D eigenvalue weighted by Gasteiger charge is 2.37. The van der Waals surface area contributed by atoms with Crippen LogP contribution in [0.3, 0.4) is 0 Å². The first kappa shape index (κ1) is 26.5. The molecule has 1 N–H and O–H groups in total. The summed E-state index contributed by atoms with van der Waals surface area (Å²) in [6, 6.07) is 9.67. The van der Waals surface area contributed by atoms with Gasteiger partial charge in [-0.05, 0) is 47.9 Å². The minimum absolute atomic E-state index is 0.00911. The lowest BCUT2D eigenvalue weighted by Crippen LogP contribution is -2.34. The number of carbonyl (C=O) groups excluding carboxylic acids is 1. The molecule has 0 spiro atoms. The summed E-state index contributed by atoms with van der Waals surface area (Å²) in [5.41, 5.74) is -1.57. The number of benzene rings is 2. The largest absolute Gasteiger partial charge is 0.416 e. The van der Waals surface area contributed by atoms with Crippen molar-refractivity contribution in [2.24, 2.45) is 0 Å². The van der Waals surface area contributed by atoms with Crippen molar-refractivity contribution in [2.45, 2.75) is 25.8 Å². The Kier molecular flexibility index (Phi) is 7.76. The smallest absolute Gasteiger partial charge is 0.395 e. The lowest BCUT2D eigenvalue weighted by molar-refractivity contribution is -0.143. The molecule has 1 amide bonds. The van der Waals surface area contributed by atoms with E-state index in [0.717, 1.165) is 10.5 Å². The van der Waals surface area contributed by atoms with E-state index in [1.54, 1.807) is 24.3 Å². The van der Waals surface area contributed by atoms with Crippen molar-refractivity contribution < 1.29 is 36.2 Å². The van der Waals surface area contributed by atoms with Gasteiger partial charge in [-0.2, -0.15) is 26.3 Å². The summed E-state index contributed by atoms with van der Waals surface area (Å²) in [5.74, 6) is -0.807. The van der Waals surface area contributed by atoms with Gasteiger partial charge in [0, 0.05) is 19.3 Å². The van der Waals surface area contributed by atoms with Gasteiger partial charge in [-0.3, -0.25) is 4.79 Å². The average Bonchev–Trinajstić information content (AvgIpc) is 2.77. The van der Waals surface area contributed by atoms with Crippen LogP contribution in [0.1, 0.15) is 32.6 Å². The lowest BCUT2D eigenvalue weighted by atomic mass is 9.99. The molecule has 0 fully saturated rings. The molecule has 0 aliphatic carbocycles. The van der Waals surface area contributed by atoms with E-state index in [-0.39, 0.29) is 23.3 Å². The van der Waals surface area contributed by atoms with E-state index in [1.807, 2.05) is 6.92 Å². The molecule has 0 unspecified atom stereocenters. The Morgan fingerprint density at radius 3 is 2.06 bits per heavy atom. The van der Waals surface area contributed by atoms with Crippen LogP contribution in [-0.2, 0) is 18.9 Å². The van der Waals surface area contributed by atoms with Crippen molar-refractivity contribution in [3.8, 4) is 11.1 Å². The summed E-state index contributed by atoms with van der Waals surface area (Å²) in [4.78, 5) is 18.3. The molecular formula is C24H19ClF6N2O2. The predicted octanol–water partition coefficient (Wildman–Crippen LogP) is 6.38. The van der Waals surface area contributed by atoms with Gasteiger partial charge >= 0.3 is 12.4 Å². The van der Waals surface area contributed by atoms with Gasteiger partial charge in [0.1, 0.15) is 5.15 Å². The topological polar surface area (TPSA) is 53.4 Å². The second-order valence-corrected chi connectivity index (χ2v) is 8.11. The second-order valence-electron chi connectivity index (χ2n) is 7.75. The molecule has 3 rings (SSSR count). The SMILES string of the molecule is Cc1ccc(-c2ccnc(Cl)c2C(=O)N(CCO)Cc2cc(C(F)(F)F)cc(C(F)(F)F)c2)cc1. The average molecular weight is 517 g/mol. The van der Waals surface area contributed by atoms with E-state index in [1.165, 1.54) is 12.3 Å². The number of rotatable bonds is 6. The molecule has 0 saturated heterocycles. The van der Waals surface area contributed by atoms with Gasteiger partial charge in [-0.1, -0.05) is 41.4 Å². The highest BCUT2D eigenvalue weighted by Crippen LogP contribution is 2.37. The summed E-state index contributed by atoms with van der Waals surface area (Å²) in [5, 5.41) is 9.26. The number of hydrogen-bond acceptors (Lipinski definition) is 3. The van der Waals surface area contributed by atoms with Crippen LogP contribution in [0.25, 0.3) is 11.1 Å². The Labute approximate surface area is 201 Å². The summed E-state index contributed by atoms with van der Waals surface area (Å²) in [7, 11) is 0. The first-order chi connectivity index (χ1) is 16.3. The number of nitrogens with zero attached hydrogens (tertiary/aromatic N) is 2. The number of pyridine rings is 1. The number of hydrogen-bond donors (Lipinski definition) is 1. The molecule has 0 saturated carbocycles. The van der Waals surface area contributed by atoms with E-state index in [4.69, 9.17) is 11.6 Å². The number of aryl methyl sites for hydroxylation is 1. The van der Waals surface area contributed by atoms with Crippen LogP contribution in [0.4, 0.5) is 26.3 Å². The van der Waals surface area contributed by atoms with Crippen LogP contribution in [0.15, 0.2) is 54.7 Å². The monoisotopic (exact) mass is 516 g/mol. The molecule has 0 aliphatic heterocycles. The molecule has 1 heterocycles. The zero-order valence-electron chi connectivity index (χ0n) is 18.2. The number of amides is 1. The molecule has 3 aromatic rings. The molecule has 4 nitrogen and oxygen atoms in total. The number of aromatic nitrogens is 1. The van der Waals surface area contributed by atoms with Crippen LogP contribution in [-0.4, -0.2) is 34.0 Å². The fourth-order valence-corrected chi connectivity index (χ4v) is 3.71. The maximum absolute atomic E-state index is 13.4. The zero-order valence-corrected chi connectivity index (χ0v) is 19.0. The van der Waals surface area contributed by atoms with Gasteiger partial charge in [0.15, 0.2) is 0 Å².